The van der Waals surface area contributed by atoms with Crippen molar-refractivity contribution in [2.45, 2.75) is 161 Å². The summed E-state index contributed by atoms with van der Waals surface area (Å²) in [7, 11) is -4.76. The van der Waals surface area contributed by atoms with Crippen LogP contribution in [-0.2, 0) is 28.2 Å². The van der Waals surface area contributed by atoms with E-state index in [1.165, 1.54) is 51.4 Å². The van der Waals surface area contributed by atoms with Crippen molar-refractivity contribution < 1.29 is 37.9 Å². The van der Waals surface area contributed by atoms with E-state index in [2.05, 4.69) is 79.1 Å². The first kappa shape index (κ1) is 45.8. The Morgan fingerprint density at radius 2 is 1.00 bits per heavy atom. The summed E-state index contributed by atoms with van der Waals surface area (Å²) < 4.78 is 26.2. The molecule has 8 nitrogen and oxygen atoms in total. The topological polar surface area (TPSA) is 119 Å². The van der Waals surface area contributed by atoms with Crippen molar-refractivity contribution in [3.8, 4) is 0 Å². The lowest BCUT2D eigenvalue weighted by atomic mass is 10.1. The Bertz CT molecular complexity index is 963. The van der Waals surface area contributed by atoms with E-state index in [1.54, 1.807) is 0 Å². The van der Waals surface area contributed by atoms with E-state index in [9.17, 15) is 14.2 Å². The van der Waals surface area contributed by atoms with Crippen LogP contribution in [0.25, 0.3) is 0 Å². The van der Waals surface area contributed by atoms with Gasteiger partial charge in [-0.1, -0.05) is 126 Å². The molecule has 0 aromatic heterocycles. The van der Waals surface area contributed by atoms with Crippen molar-refractivity contribution in [2.75, 3.05) is 13.2 Å². The van der Waals surface area contributed by atoms with Gasteiger partial charge < -0.3 is 19.3 Å². The second kappa shape index (κ2) is 34.6. The zero-order valence-electron chi connectivity index (χ0n) is 30.1. The average molecular weight is 695 g/mol. The molecule has 276 valence electrons. The molecule has 0 spiro atoms. The Morgan fingerprint density at radius 1 is 0.562 bits per heavy atom. The Kier molecular flexibility index (Phi) is 33.0. The molecule has 9 heteroatoms. The number of carbonyl (C=O) groups excluding carboxylic acids is 2. The molecule has 0 fully saturated rings. The quantitative estimate of drug-likeness (QED) is 0.0301. The van der Waals surface area contributed by atoms with Crippen LogP contribution < -0.4 is 0 Å². The second-order valence-electron chi connectivity index (χ2n) is 12.2. The predicted octanol–water partition coefficient (Wildman–Crippen LogP) is 11.0. The molecule has 0 aromatic rings. The Morgan fingerprint density at radius 3 is 1.56 bits per heavy atom. The lowest BCUT2D eigenvalue weighted by molar-refractivity contribution is -0.161. The molecule has 2 N–H and O–H groups in total. The molecule has 0 saturated heterocycles. The van der Waals surface area contributed by atoms with Crippen molar-refractivity contribution in [2.24, 2.45) is 0 Å². The second-order valence-corrected chi connectivity index (χ2v) is 13.4. The van der Waals surface area contributed by atoms with E-state index in [1.807, 2.05) is 0 Å². The maximum atomic E-state index is 12.3. The molecule has 0 aromatic carbocycles. The monoisotopic (exact) mass is 694 g/mol. The molecule has 0 aliphatic rings. The number of unbranched alkanes of at least 4 members (excludes halogenated alkanes) is 13. The summed E-state index contributed by atoms with van der Waals surface area (Å²) >= 11 is 0. The van der Waals surface area contributed by atoms with Gasteiger partial charge in [-0.05, 0) is 77.0 Å². The SMILES string of the molecule is CC/C=C/C/C=C/C/C=C/C/C=C/CCCCC(=O)O[C@H](COC(=O)CCCCCCCCC/C=C/CCCCCC)COP(=O)(O)O. The molecular formula is C39H67O8P. The Hall–Kier alpha value is -2.25. The van der Waals surface area contributed by atoms with Crippen LogP contribution in [0, 0.1) is 0 Å². The molecule has 0 rings (SSSR count). The smallest absolute Gasteiger partial charge is 0.462 e. The summed E-state index contributed by atoms with van der Waals surface area (Å²) in [5, 5.41) is 0. The van der Waals surface area contributed by atoms with E-state index in [4.69, 9.17) is 19.3 Å². The highest BCUT2D eigenvalue weighted by Crippen LogP contribution is 2.35. The fourth-order valence-electron chi connectivity index (χ4n) is 4.77. The van der Waals surface area contributed by atoms with E-state index in [-0.39, 0.29) is 19.4 Å². The van der Waals surface area contributed by atoms with Crippen LogP contribution in [0.1, 0.15) is 155 Å². The third-order valence-electron chi connectivity index (χ3n) is 7.52. The number of carbonyl (C=O) groups is 2. The van der Waals surface area contributed by atoms with Crippen LogP contribution in [0.5, 0.6) is 0 Å². The first-order chi connectivity index (χ1) is 23.3. The average Bonchev–Trinajstić information content (AvgIpc) is 3.05. The molecule has 0 unspecified atom stereocenters. The highest BCUT2D eigenvalue weighted by Gasteiger charge is 2.22. The Labute approximate surface area is 292 Å². The largest absolute Gasteiger partial charge is 0.469 e. The number of ether oxygens (including phenoxy) is 2. The number of rotatable bonds is 33. The van der Waals surface area contributed by atoms with Gasteiger partial charge in [0.25, 0.3) is 0 Å². The van der Waals surface area contributed by atoms with Crippen molar-refractivity contribution in [1.29, 1.82) is 0 Å². The molecule has 0 radical (unpaired) electrons. The normalized spacial score (nSPS) is 13.2. The van der Waals surface area contributed by atoms with Crippen molar-refractivity contribution >= 4 is 19.8 Å². The van der Waals surface area contributed by atoms with Crippen LogP contribution in [0.4, 0.5) is 0 Å². The maximum absolute atomic E-state index is 12.3. The van der Waals surface area contributed by atoms with Gasteiger partial charge in [0.1, 0.15) is 6.61 Å². The minimum Gasteiger partial charge on any atom is -0.462 e. The first-order valence-electron chi connectivity index (χ1n) is 18.6. The maximum Gasteiger partial charge on any atom is 0.469 e. The Balaban J connectivity index is 4.06. The standard InChI is InChI=1S/C39H67O8P/c1-3-5-7-9-11-13-15-17-19-21-23-25-27-29-31-33-38(40)45-35-37(36-46-48(42,43)44)47-39(41)34-32-30-28-26-24-22-20-18-16-14-12-10-8-6-4-2/h6,8,12-15,18,20,24,26,37H,3-5,7,9-11,16-17,19,21-23,25,27-36H2,1-2H3,(H2,42,43,44)/b8-6+,14-12+,15-13+,20-18+,26-24+/t37-/m1/s1. The van der Waals surface area contributed by atoms with Crippen LogP contribution in [-0.4, -0.2) is 41.0 Å². The van der Waals surface area contributed by atoms with Gasteiger partial charge in [0, 0.05) is 12.8 Å². The number of phosphoric ester groups is 1. The lowest BCUT2D eigenvalue weighted by Gasteiger charge is -2.18. The van der Waals surface area contributed by atoms with E-state index in [0.717, 1.165) is 64.2 Å². The van der Waals surface area contributed by atoms with Crippen molar-refractivity contribution in [3.63, 3.8) is 0 Å². The number of esters is 2. The van der Waals surface area contributed by atoms with Gasteiger partial charge >= 0.3 is 19.8 Å². The fraction of sp³-hybridized carbons (Fsp3) is 0.692. The van der Waals surface area contributed by atoms with Crippen LogP contribution in [0.3, 0.4) is 0 Å². The predicted molar refractivity (Wildman–Crippen MR) is 197 cm³/mol. The van der Waals surface area contributed by atoms with E-state index >= 15 is 0 Å². The number of hydrogen-bond acceptors (Lipinski definition) is 6. The molecular weight excluding hydrogens is 627 g/mol. The molecule has 0 bridgehead atoms. The van der Waals surface area contributed by atoms with Crippen LogP contribution in [0.15, 0.2) is 60.8 Å². The van der Waals surface area contributed by atoms with Gasteiger partial charge in [-0.3, -0.25) is 14.1 Å². The zero-order chi connectivity index (χ0) is 35.4. The molecule has 0 aliphatic heterocycles. The van der Waals surface area contributed by atoms with Gasteiger partial charge in [-0.25, -0.2) is 4.57 Å². The van der Waals surface area contributed by atoms with Gasteiger partial charge in [0.05, 0.1) is 6.61 Å². The summed E-state index contributed by atoms with van der Waals surface area (Å²) in [6.07, 6.45) is 42.3. The van der Waals surface area contributed by atoms with Crippen molar-refractivity contribution in [1.82, 2.24) is 0 Å². The molecule has 0 heterocycles. The molecule has 0 amide bonds. The minimum atomic E-state index is -4.76. The summed E-state index contributed by atoms with van der Waals surface area (Å²) in [4.78, 5) is 42.7. The van der Waals surface area contributed by atoms with Gasteiger partial charge in [0.2, 0.25) is 0 Å². The number of hydrogen-bond donors (Lipinski definition) is 2. The van der Waals surface area contributed by atoms with Crippen molar-refractivity contribution in [3.05, 3.63) is 60.8 Å². The third-order valence-corrected chi connectivity index (χ3v) is 8.01. The van der Waals surface area contributed by atoms with E-state index < -0.39 is 32.5 Å². The van der Waals surface area contributed by atoms with Crippen LogP contribution in [0.2, 0.25) is 0 Å². The van der Waals surface area contributed by atoms with Gasteiger partial charge in [0.15, 0.2) is 6.10 Å². The minimum absolute atomic E-state index is 0.156. The fourth-order valence-corrected chi connectivity index (χ4v) is 5.13. The zero-order valence-corrected chi connectivity index (χ0v) is 31.0. The van der Waals surface area contributed by atoms with Gasteiger partial charge in [-0.15, -0.1) is 0 Å². The number of allylic oxidation sites excluding steroid dienone is 10. The summed E-state index contributed by atoms with van der Waals surface area (Å²) in [5.74, 6) is -0.944. The molecule has 1 atom stereocenters. The highest BCUT2D eigenvalue weighted by molar-refractivity contribution is 7.46. The molecule has 0 aliphatic carbocycles. The summed E-state index contributed by atoms with van der Waals surface area (Å²) in [6, 6.07) is 0. The molecule has 0 saturated carbocycles. The number of phosphoric acid groups is 1. The summed E-state index contributed by atoms with van der Waals surface area (Å²) in [6.45, 7) is 3.50. The highest BCUT2D eigenvalue weighted by atomic mass is 31.2. The summed E-state index contributed by atoms with van der Waals surface area (Å²) in [5.41, 5.74) is 0. The van der Waals surface area contributed by atoms with Gasteiger partial charge in [-0.2, -0.15) is 0 Å². The first-order valence-corrected chi connectivity index (χ1v) is 20.1. The third kappa shape index (κ3) is 36.6. The van der Waals surface area contributed by atoms with Crippen LogP contribution >= 0.6 is 7.82 Å². The van der Waals surface area contributed by atoms with E-state index in [0.29, 0.717) is 12.8 Å². The lowest BCUT2D eigenvalue weighted by Crippen LogP contribution is -2.29. The molecule has 48 heavy (non-hydrogen) atoms.